The van der Waals surface area contributed by atoms with E-state index >= 15 is 0 Å². The number of allylic oxidation sites excluding steroid dienone is 1. The van der Waals surface area contributed by atoms with E-state index in [-0.39, 0.29) is 11.9 Å². The molecule has 0 aliphatic carbocycles. The second-order valence-electron chi connectivity index (χ2n) is 6.51. The molecular formula is C23H28O3. The highest BCUT2D eigenvalue weighted by molar-refractivity contribution is 5.96. The third-order valence-electron chi connectivity index (χ3n) is 4.12. The van der Waals surface area contributed by atoms with E-state index in [1.54, 1.807) is 7.11 Å². The first-order chi connectivity index (χ1) is 12.5. The quantitative estimate of drug-likeness (QED) is 0.400. The van der Waals surface area contributed by atoms with Crippen molar-refractivity contribution in [2.75, 3.05) is 7.11 Å². The standard InChI is InChI=1S/C23H28O3/c1-6-8-9-10-12-20-22(24)18-14-13-17(25-5)15-21(18)19(11-7-2)23(20)26-16(3)4/h7,13-16,24H,2,6,8-9,11H2,1,3-5H3. The number of unbranched alkanes of at least 4 members (excludes halogenated alkanes) is 2. The van der Waals surface area contributed by atoms with Gasteiger partial charge in [0, 0.05) is 17.4 Å². The van der Waals surface area contributed by atoms with Gasteiger partial charge in [-0.1, -0.05) is 31.3 Å². The van der Waals surface area contributed by atoms with Crippen LogP contribution in [0, 0.1) is 11.8 Å². The van der Waals surface area contributed by atoms with Crippen LogP contribution in [-0.4, -0.2) is 18.3 Å². The summed E-state index contributed by atoms with van der Waals surface area (Å²) in [4.78, 5) is 0. The number of ether oxygens (including phenoxy) is 2. The van der Waals surface area contributed by atoms with Crippen LogP contribution in [0.3, 0.4) is 0 Å². The lowest BCUT2D eigenvalue weighted by molar-refractivity contribution is 0.239. The largest absolute Gasteiger partial charge is 0.506 e. The predicted molar refractivity (Wildman–Crippen MR) is 108 cm³/mol. The summed E-state index contributed by atoms with van der Waals surface area (Å²) in [6.07, 6.45) is 5.36. The maximum Gasteiger partial charge on any atom is 0.143 e. The number of aromatic hydroxyl groups is 1. The predicted octanol–water partition coefficient (Wildman–Crippen LogP) is 5.61. The summed E-state index contributed by atoms with van der Waals surface area (Å²) in [6, 6.07) is 5.64. The monoisotopic (exact) mass is 352 g/mol. The van der Waals surface area contributed by atoms with Crippen molar-refractivity contribution in [3.63, 3.8) is 0 Å². The lowest BCUT2D eigenvalue weighted by atomic mass is 9.95. The highest BCUT2D eigenvalue weighted by atomic mass is 16.5. The minimum Gasteiger partial charge on any atom is -0.506 e. The summed E-state index contributed by atoms with van der Waals surface area (Å²) in [5.74, 6) is 7.86. The zero-order valence-electron chi connectivity index (χ0n) is 16.2. The molecule has 3 heteroatoms. The average Bonchev–Trinajstić information content (AvgIpc) is 2.63. The van der Waals surface area contributed by atoms with Gasteiger partial charge in [0.25, 0.3) is 0 Å². The van der Waals surface area contributed by atoms with Gasteiger partial charge in [-0.2, -0.15) is 0 Å². The maximum absolute atomic E-state index is 10.9. The van der Waals surface area contributed by atoms with Crippen LogP contribution >= 0.6 is 0 Å². The van der Waals surface area contributed by atoms with Crippen molar-refractivity contribution in [3.8, 4) is 29.1 Å². The molecule has 0 fully saturated rings. The summed E-state index contributed by atoms with van der Waals surface area (Å²) < 4.78 is 11.5. The molecule has 0 heterocycles. The fraction of sp³-hybridized carbons (Fsp3) is 0.391. The van der Waals surface area contributed by atoms with Crippen molar-refractivity contribution in [1.29, 1.82) is 0 Å². The molecule has 0 spiro atoms. The Balaban J connectivity index is 2.79. The summed E-state index contributed by atoms with van der Waals surface area (Å²) in [5.41, 5.74) is 1.53. The highest BCUT2D eigenvalue weighted by Crippen LogP contribution is 2.42. The van der Waals surface area contributed by atoms with Gasteiger partial charge < -0.3 is 14.6 Å². The molecule has 0 amide bonds. The van der Waals surface area contributed by atoms with E-state index in [0.29, 0.717) is 17.7 Å². The molecule has 0 aromatic heterocycles. The van der Waals surface area contributed by atoms with Crippen LogP contribution in [0.5, 0.6) is 17.2 Å². The van der Waals surface area contributed by atoms with Crippen molar-refractivity contribution in [2.24, 2.45) is 0 Å². The van der Waals surface area contributed by atoms with E-state index in [9.17, 15) is 5.11 Å². The number of methoxy groups -OCH3 is 1. The topological polar surface area (TPSA) is 38.7 Å². The molecule has 0 aliphatic heterocycles. The van der Waals surface area contributed by atoms with Crippen molar-refractivity contribution >= 4 is 10.8 Å². The summed E-state index contributed by atoms with van der Waals surface area (Å²) in [5, 5.41) is 12.6. The van der Waals surface area contributed by atoms with Crippen molar-refractivity contribution in [2.45, 2.75) is 52.6 Å². The van der Waals surface area contributed by atoms with Gasteiger partial charge in [-0.05, 0) is 50.3 Å². The normalized spacial score (nSPS) is 10.5. The van der Waals surface area contributed by atoms with Crippen LogP contribution in [0.2, 0.25) is 0 Å². The number of phenolic OH excluding ortho intramolecular Hbond substituents is 1. The number of hydrogen-bond acceptors (Lipinski definition) is 3. The van der Waals surface area contributed by atoms with Gasteiger partial charge in [-0.15, -0.1) is 6.58 Å². The molecule has 2 aromatic rings. The summed E-state index contributed by atoms with van der Waals surface area (Å²) in [6.45, 7) is 9.96. The van der Waals surface area contributed by atoms with Crippen LogP contribution in [-0.2, 0) is 6.42 Å². The van der Waals surface area contributed by atoms with Crippen LogP contribution in [0.4, 0.5) is 0 Å². The van der Waals surface area contributed by atoms with E-state index < -0.39 is 0 Å². The van der Waals surface area contributed by atoms with Gasteiger partial charge >= 0.3 is 0 Å². The fourth-order valence-electron chi connectivity index (χ4n) is 2.87. The lowest BCUT2D eigenvalue weighted by Gasteiger charge is -2.20. The van der Waals surface area contributed by atoms with Crippen LogP contribution < -0.4 is 9.47 Å². The zero-order chi connectivity index (χ0) is 19.1. The molecule has 0 radical (unpaired) electrons. The van der Waals surface area contributed by atoms with E-state index in [2.05, 4.69) is 25.3 Å². The third-order valence-corrected chi connectivity index (χ3v) is 4.12. The second-order valence-corrected chi connectivity index (χ2v) is 6.51. The Bertz CT molecular complexity index is 838. The first-order valence-corrected chi connectivity index (χ1v) is 9.15. The Morgan fingerprint density at radius 1 is 1.27 bits per heavy atom. The molecule has 2 rings (SSSR count). The van der Waals surface area contributed by atoms with Crippen molar-refractivity contribution in [1.82, 2.24) is 0 Å². The van der Waals surface area contributed by atoms with Crippen LogP contribution in [0.15, 0.2) is 30.9 Å². The molecule has 26 heavy (non-hydrogen) atoms. The smallest absolute Gasteiger partial charge is 0.143 e. The number of fused-ring (bicyclic) bond motifs is 1. The van der Waals surface area contributed by atoms with Crippen molar-refractivity contribution in [3.05, 3.63) is 42.0 Å². The molecule has 138 valence electrons. The third kappa shape index (κ3) is 4.32. The number of phenols is 1. The molecule has 3 nitrogen and oxygen atoms in total. The van der Waals surface area contributed by atoms with Gasteiger partial charge in [0.15, 0.2) is 0 Å². The minimum absolute atomic E-state index is 0.0304. The molecule has 0 aliphatic rings. The molecule has 0 bridgehead atoms. The highest BCUT2D eigenvalue weighted by Gasteiger charge is 2.20. The molecule has 0 atom stereocenters. The molecule has 0 unspecified atom stereocenters. The molecule has 1 N–H and O–H groups in total. The van der Waals surface area contributed by atoms with Crippen molar-refractivity contribution < 1.29 is 14.6 Å². The van der Waals surface area contributed by atoms with Gasteiger partial charge in [-0.3, -0.25) is 0 Å². The lowest BCUT2D eigenvalue weighted by Crippen LogP contribution is -2.09. The Kier molecular flexibility index (Phi) is 6.97. The summed E-state index contributed by atoms with van der Waals surface area (Å²) in [7, 11) is 1.63. The number of rotatable bonds is 7. The van der Waals surface area contributed by atoms with Gasteiger partial charge in [0.2, 0.25) is 0 Å². The fourth-order valence-corrected chi connectivity index (χ4v) is 2.87. The van der Waals surface area contributed by atoms with Crippen LogP contribution in [0.1, 0.15) is 51.2 Å². The molecule has 0 saturated carbocycles. The SMILES string of the molecule is C=CCc1c(OC(C)C)c(C#CCCCC)c(O)c2ccc(OC)cc12. The zero-order valence-corrected chi connectivity index (χ0v) is 16.2. The number of hydrogen-bond donors (Lipinski definition) is 1. The summed E-state index contributed by atoms with van der Waals surface area (Å²) >= 11 is 0. The van der Waals surface area contributed by atoms with E-state index in [4.69, 9.17) is 9.47 Å². The van der Waals surface area contributed by atoms with E-state index in [0.717, 1.165) is 41.3 Å². The Morgan fingerprint density at radius 2 is 2.04 bits per heavy atom. The molecule has 2 aromatic carbocycles. The minimum atomic E-state index is -0.0304. The van der Waals surface area contributed by atoms with E-state index in [1.165, 1.54) is 0 Å². The Morgan fingerprint density at radius 3 is 2.65 bits per heavy atom. The average molecular weight is 352 g/mol. The first kappa shape index (κ1) is 19.7. The van der Waals surface area contributed by atoms with E-state index in [1.807, 2.05) is 38.1 Å². The second kappa shape index (κ2) is 9.20. The Hall–Kier alpha value is -2.60. The Labute approximate surface area is 156 Å². The van der Waals surface area contributed by atoms with Gasteiger partial charge in [0.1, 0.15) is 22.8 Å². The maximum atomic E-state index is 10.9. The van der Waals surface area contributed by atoms with Crippen LogP contribution in [0.25, 0.3) is 10.8 Å². The molecular weight excluding hydrogens is 324 g/mol. The van der Waals surface area contributed by atoms with Gasteiger partial charge in [0.05, 0.1) is 13.2 Å². The number of benzene rings is 2. The molecule has 0 saturated heterocycles. The van der Waals surface area contributed by atoms with Gasteiger partial charge in [-0.25, -0.2) is 0 Å². The first-order valence-electron chi connectivity index (χ1n) is 9.15.